The first kappa shape index (κ1) is 22.1. The second-order valence-corrected chi connectivity index (χ2v) is 11.8. The van der Waals surface area contributed by atoms with Crippen molar-refractivity contribution in [3.05, 3.63) is 59.6 Å². The van der Waals surface area contributed by atoms with Gasteiger partial charge in [0.05, 0.1) is 23.3 Å². The zero-order chi connectivity index (χ0) is 21.8. The van der Waals surface area contributed by atoms with Crippen LogP contribution in [0.3, 0.4) is 0 Å². The minimum absolute atomic E-state index is 0.00912. The van der Waals surface area contributed by atoms with Crippen molar-refractivity contribution >= 4 is 67.0 Å². The number of sulfone groups is 1. The highest BCUT2D eigenvalue weighted by Crippen LogP contribution is 2.30. The van der Waals surface area contributed by atoms with E-state index in [-0.39, 0.29) is 29.2 Å². The van der Waals surface area contributed by atoms with Crippen LogP contribution in [0.5, 0.6) is 0 Å². The fourth-order valence-corrected chi connectivity index (χ4v) is 6.85. The largest absolute Gasteiger partial charge is 0.330 e. The fourth-order valence-electron chi connectivity index (χ4n) is 3.33. The number of thioether (sulfide) groups is 1. The summed E-state index contributed by atoms with van der Waals surface area (Å²) in [5.41, 5.74) is 1.50. The third kappa shape index (κ3) is 5.76. The second-order valence-electron chi connectivity index (χ2n) is 6.95. The summed E-state index contributed by atoms with van der Waals surface area (Å²) in [5, 5.41) is 12.6. The summed E-state index contributed by atoms with van der Waals surface area (Å²) in [4.78, 5) is 14.7. The number of nitrogens with one attached hydrogen (secondary N) is 1. The first-order valence-electron chi connectivity index (χ1n) is 9.46. The van der Waals surface area contributed by atoms with Gasteiger partial charge in [-0.1, -0.05) is 59.0 Å². The number of para-hydroxylation sites is 1. The molecule has 1 N–H and O–H groups in total. The maximum absolute atomic E-state index is 13.1. The van der Waals surface area contributed by atoms with Gasteiger partial charge in [0.2, 0.25) is 11.0 Å². The van der Waals surface area contributed by atoms with Gasteiger partial charge in [0, 0.05) is 16.4 Å². The molecular weight excluding hydrogens is 476 g/mol. The van der Waals surface area contributed by atoms with Gasteiger partial charge < -0.3 is 10.2 Å². The Morgan fingerprint density at radius 2 is 2.00 bits per heavy atom. The number of halogens is 1. The topological polar surface area (TPSA) is 92.3 Å². The van der Waals surface area contributed by atoms with Gasteiger partial charge in [-0.05, 0) is 36.8 Å². The number of carbonyl (C=O) groups is 1. The molecule has 1 amide bonds. The molecule has 0 aliphatic carbocycles. The van der Waals surface area contributed by atoms with Crippen molar-refractivity contribution in [3.63, 3.8) is 0 Å². The van der Waals surface area contributed by atoms with Gasteiger partial charge >= 0.3 is 0 Å². The number of hydrogen-bond acceptors (Lipinski definition) is 8. The molecule has 1 fully saturated rings. The number of anilines is 3. The van der Waals surface area contributed by atoms with Gasteiger partial charge in [0.25, 0.3) is 0 Å². The van der Waals surface area contributed by atoms with E-state index < -0.39 is 9.84 Å². The van der Waals surface area contributed by atoms with E-state index in [0.29, 0.717) is 26.6 Å². The Morgan fingerprint density at radius 3 is 2.71 bits per heavy atom. The highest BCUT2D eigenvalue weighted by Gasteiger charge is 2.35. The average Bonchev–Trinajstić information content (AvgIpc) is 3.33. The summed E-state index contributed by atoms with van der Waals surface area (Å²) in [7, 11) is -3.12. The monoisotopic (exact) mass is 494 g/mol. The van der Waals surface area contributed by atoms with Crippen LogP contribution in [0, 0.1) is 0 Å². The molecule has 3 aromatic rings. The van der Waals surface area contributed by atoms with Crippen molar-refractivity contribution in [1.29, 1.82) is 0 Å². The summed E-state index contributed by atoms with van der Waals surface area (Å²) in [5.74, 6) is 0.0798. The van der Waals surface area contributed by atoms with Crippen molar-refractivity contribution < 1.29 is 13.2 Å². The molecule has 0 radical (unpaired) electrons. The first-order chi connectivity index (χ1) is 14.9. The molecule has 162 valence electrons. The molecule has 0 bridgehead atoms. The number of hydrogen-bond donors (Lipinski definition) is 1. The lowest BCUT2D eigenvalue weighted by Gasteiger charge is -2.28. The minimum Gasteiger partial charge on any atom is -0.330 e. The van der Waals surface area contributed by atoms with E-state index in [1.807, 2.05) is 42.5 Å². The maximum atomic E-state index is 13.1. The predicted molar refractivity (Wildman–Crippen MR) is 126 cm³/mol. The zero-order valence-electron chi connectivity index (χ0n) is 16.3. The van der Waals surface area contributed by atoms with Crippen LogP contribution in [0.25, 0.3) is 0 Å². The Bertz CT molecular complexity index is 1170. The molecule has 4 rings (SSSR count). The third-order valence-corrected chi connectivity index (χ3v) is 8.62. The van der Waals surface area contributed by atoms with Gasteiger partial charge in [-0.25, -0.2) is 8.42 Å². The molecular formula is C20H19ClN4O3S3. The number of aromatic nitrogens is 2. The Hall–Kier alpha value is -2.14. The van der Waals surface area contributed by atoms with Crippen molar-refractivity contribution in [2.24, 2.45) is 0 Å². The van der Waals surface area contributed by atoms with Gasteiger partial charge in [-0.2, -0.15) is 0 Å². The zero-order valence-corrected chi connectivity index (χ0v) is 19.5. The molecule has 1 saturated heterocycles. The summed E-state index contributed by atoms with van der Waals surface area (Å²) in [6, 6.07) is 16.1. The van der Waals surface area contributed by atoms with E-state index in [9.17, 15) is 13.2 Å². The van der Waals surface area contributed by atoms with E-state index in [1.54, 1.807) is 17.0 Å². The molecule has 0 saturated carbocycles. The average molecular weight is 495 g/mol. The van der Waals surface area contributed by atoms with Crippen LogP contribution in [-0.4, -0.2) is 47.8 Å². The fraction of sp³-hybridized carbons (Fsp3) is 0.250. The summed E-state index contributed by atoms with van der Waals surface area (Å²) in [6.45, 7) is 0. The molecule has 1 aromatic heterocycles. The van der Waals surface area contributed by atoms with Crippen LogP contribution in [0.2, 0.25) is 5.02 Å². The smallest absolute Gasteiger partial charge is 0.237 e. The lowest BCUT2D eigenvalue weighted by molar-refractivity contribution is -0.116. The number of nitrogens with zero attached hydrogens (tertiary/aromatic N) is 3. The van der Waals surface area contributed by atoms with Crippen LogP contribution < -0.4 is 10.2 Å². The second kappa shape index (κ2) is 9.56. The standard InChI is InChI=1S/C20H19ClN4O3S3/c21-14-5-4-6-15(11-14)22-19-23-24-20(30-19)29-12-18(26)25(16-7-2-1-3-8-16)17-9-10-31(27,28)13-17/h1-8,11,17H,9-10,12-13H2,(H,22,23)/t17-/m1/s1. The number of amides is 1. The maximum Gasteiger partial charge on any atom is 0.237 e. The van der Waals surface area contributed by atoms with E-state index in [0.717, 1.165) is 5.69 Å². The highest BCUT2D eigenvalue weighted by molar-refractivity contribution is 8.01. The normalized spacial score (nSPS) is 17.4. The molecule has 1 atom stereocenters. The van der Waals surface area contributed by atoms with Crippen molar-refractivity contribution in [2.75, 3.05) is 27.5 Å². The van der Waals surface area contributed by atoms with Crippen LogP contribution >= 0.6 is 34.7 Å². The molecule has 2 heterocycles. The van der Waals surface area contributed by atoms with Gasteiger partial charge in [0.1, 0.15) is 0 Å². The summed E-state index contributed by atoms with van der Waals surface area (Å²) >= 11 is 8.61. The van der Waals surface area contributed by atoms with Crippen LogP contribution in [0.4, 0.5) is 16.5 Å². The van der Waals surface area contributed by atoms with Crippen molar-refractivity contribution in [1.82, 2.24) is 10.2 Å². The molecule has 0 unspecified atom stereocenters. The SMILES string of the molecule is O=C(CSc1nnc(Nc2cccc(Cl)c2)s1)N(c1ccccc1)[C@@H]1CCS(=O)(=O)C1. The Morgan fingerprint density at radius 1 is 1.19 bits per heavy atom. The van der Waals surface area contributed by atoms with Crippen LogP contribution in [-0.2, 0) is 14.6 Å². The summed E-state index contributed by atoms with van der Waals surface area (Å²) in [6.07, 6.45) is 0.445. The third-order valence-electron chi connectivity index (χ3n) is 4.68. The highest BCUT2D eigenvalue weighted by atomic mass is 35.5. The van der Waals surface area contributed by atoms with Crippen LogP contribution in [0.15, 0.2) is 58.9 Å². The summed E-state index contributed by atoms with van der Waals surface area (Å²) < 4.78 is 24.6. The van der Waals surface area contributed by atoms with E-state index >= 15 is 0 Å². The van der Waals surface area contributed by atoms with Gasteiger partial charge in [-0.15, -0.1) is 10.2 Å². The minimum atomic E-state index is -3.12. The number of benzene rings is 2. The van der Waals surface area contributed by atoms with Gasteiger partial charge in [0.15, 0.2) is 14.2 Å². The molecule has 0 spiro atoms. The van der Waals surface area contributed by atoms with E-state index in [1.165, 1.54) is 23.1 Å². The number of carbonyl (C=O) groups excluding carboxylic acids is 1. The lowest BCUT2D eigenvalue weighted by atomic mass is 10.2. The lowest BCUT2D eigenvalue weighted by Crippen LogP contribution is -2.42. The molecule has 7 nitrogen and oxygen atoms in total. The molecule has 1 aliphatic heterocycles. The van der Waals surface area contributed by atoms with E-state index in [2.05, 4.69) is 15.5 Å². The quantitative estimate of drug-likeness (QED) is 0.491. The molecule has 2 aromatic carbocycles. The van der Waals surface area contributed by atoms with Crippen molar-refractivity contribution in [2.45, 2.75) is 16.8 Å². The van der Waals surface area contributed by atoms with Crippen molar-refractivity contribution in [3.8, 4) is 0 Å². The Labute approximate surface area is 193 Å². The number of rotatable bonds is 7. The van der Waals surface area contributed by atoms with Crippen LogP contribution in [0.1, 0.15) is 6.42 Å². The molecule has 1 aliphatic rings. The molecule has 11 heteroatoms. The molecule has 31 heavy (non-hydrogen) atoms. The van der Waals surface area contributed by atoms with E-state index in [4.69, 9.17) is 11.6 Å². The first-order valence-corrected chi connectivity index (χ1v) is 13.5. The van der Waals surface area contributed by atoms with Gasteiger partial charge in [-0.3, -0.25) is 4.79 Å². The Kier molecular flexibility index (Phi) is 6.80. The predicted octanol–water partition coefficient (Wildman–Crippen LogP) is 4.25. The Balaban J connectivity index is 1.43.